The monoisotopic (exact) mass is 532 g/mol. The van der Waals surface area contributed by atoms with Gasteiger partial charge in [0.1, 0.15) is 12.4 Å². The number of esters is 2. The fourth-order valence-corrected chi connectivity index (χ4v) is 6.10. The molecule has 2 aromatic heterocycles. The molecule has 0 saturated heterocycles. The van der Waals surface area contributed by atoms with E-state index in [0.717, 1.165) is 36.5 Å². The van der Waals surface area contributed by atoms with Crippen LogP contribution in [0.4, 0.5) is 5.13 Å². The molecule has 0 amide bonds. The third-order valence-electron chi connectivity index (χ3n) is 5.89. The number of rotatable bonds is 9. The molecule has 188 valence electrons. The number of nitrogens with one attached hydrogen (secondary N) is 1. The molecule has 37 heavy (non-hydrogen) atoms. The quantitative estimate of drug-likeness (QED) is 0.178. The fourth-order valence-electron chi connectivity index (χ4n) is 4.01. The van der Waals surface area contributed by atoms with E-state index in [2.05, 4.69) is 10.3 Å². The third kappa shape index (κ3) is 5.42. The van der Waals surface area contributed by atoms with E-state index in [1.807, 2.05) is 78.9 Å². The molecule has 1 N–H and O–H groups in total. The van der Waals surface area contributed by atoms with Gasteiger partial charge in [-0.1, -0.05) is 59.9 Å². The molecule has 0 aliphatic rings. The van der Waals surface area contributed by atoms with Crippen molar-refractivity contribution >= 4 is 60.0 Å². The number of benzene rings is 3. The maximum Gasteiger partial charge on any atom is 0.323 e. The Bertz CT molecular complexity index is 1510. The van der Waals surface area contributed by atoms with Crippen LogP contribution in [0, 0.1) is 5.92 Å². The first-order valence-electron chi connectivity index (χ1n) is 11.5. The molecule has 2 atom stereocenters. The lowest BCUT2D eigenvalue weighted by atomic mass is 9.98. The number of thiazole rings is 1. The maximum absolute atomic E-state index is 13.4. The zero-order valence-corrected chi connectivity index (χ0v) is 21.8. The smallest absolute Gasteiger partial charge is 0.323 e. The topological polar surface area (TPSA) is 86.8 Å². The van der Waals surface area contributed by atoms with Gasteiger partial charge >= 0.3 is 11.9 Å². The van der Waals surface area contributed by atoms with Crippen LogP contribution in [-0.2, 0) is 25.7 Å². The standard InChI is InChI=1S/C28H24N2O5S2/c1-33-19-12-13-20-22(15-19)37-28(29-20)30-25(23-14-18-10-6-7-11-21(18)36-23)24(26(31)34-2)27(32)35-16-17-8-4-3-5-9-17/h3-15,24-25H,16H2,1-2H3,(H,29,30)/t24?,25-/m1/s1. The van der Waals surface area contributed by atoms with E-state index in [1.165, 1.54) is 29.8 Å². The summed E-state index contributed by atoms with van der Waals surface area (Å²) < 4.78 is 18.0. The second-order valence-electron chi connectivity index (χ2n) is 8.26. The number of fused-ring (bicyclic) bond motifs is 2. The molecule has 0 bridgehead atoms. The number of carbonyl (C=O) groups is 2. The Hall–Kier alpha value is -3.95. The van der Waals surface area contributed by atoms with Gasteiger partial charge in [-0.2, -0.15) is 0 Å². The highest BCUT2D eigenvalue weighted by Gasteiger charge is 2.40. The zero-order valence-electron chi connectivity index (χ0n) is 20.2. The summed E-state index contributed by atoms with van der Waals surface area (Å²) in [7, 11) is 2.88. The summed E-state index contributed by atoms with van der Waals surface area (Å²) in [6.45, 7) is 0.0488. The van der Waals surface area contributed by atoms with Crippen molar-refractivity contribution in [1.82, 2.24) is 4.98 Å². The molecule has 1 unspecified atom stereocenters. The molecule has 0 radical (unpaired) electrons. The summed E-state index contributed by atoms with van der Waals surface area (Å²) in [5, 5.41) is 4.94. The largest absolute Gasteiger partial charge is 0.497 e. The molecule has 5 rings (SSSR count). The number of nitrogens with zero attached hydrogens (tertiary/aromatic N) is 1. The number of anilines is 1. The van der Waals surface area contributed by atoms with Gasteiger partial charge in [-0.15, -0.1) is 11.3 Å². The highest BCUT2D eigenvalue weighted by Crippen LogP contribution is 2.39. The van der Waals surface area contributed by atoms with Gasteiger partial charge in [0.2, 0.25) is 0 Å². The highest BCUT2D eigenvalue weighted by atomic mass is 32.1. The summed E-state index contributed by atoms with van der Waals surface area (Å²) in [4.78, 5) is 31.9. The molecule has 0 fully saturated rings. The molecule has 5 aromatic rings. The van der Waals surface area contributed by atoms with Crippen LogP contribution in [0.5, 0.6) is 5.75 Å². The second kappa shape index (κ2) is 11.0. The van der Waals surface area contributed by atoms with Crippen molar-refractivity contribution in [3.63, 3.8) is 0 Å². The zero-order chi connectivity index (χ0) is 25.8. The number of ether oxygens (including phenoxy) is 3. The molecule has 0 aliphatic carbocycles. The summed E-state index contributed by atoms with van der Waals surface area (Å²) >= 11 is 2.92. The average molecular weight is 533 g/mol. The molecule has 2 heterocycles. The van der Waals surface area contributed by atoms with E-state index >= 15 is 0 Å². The lowest BCUT2D eigenvalue weighted by Crippen LogP contribution is -2.36. The predicted molar refractivity (Wildman–Crippen MR) is 146 cm³/mol. The number of aromatic nitrogens is 1. The van der Waals surface area contributed by atoms with Gasteiger partial charge in [0.05, 0.1) is 30.5 Å². The Morgan fingerprint density at radius 2 is 1.68 bits per heavy atom. The Morgan fingerprint density at radius 3 is 2.43 bits per heavy atom. The Kier molecular flexibility index (Phi) is 7.34. The molecule has 0 spiro atoms. The van der Waals surface area contributed by atoms with Crippen molar-refractivity contribution in [2.75, 3.05) is 19.5 Å². The number of hydrogen-bond acceptors (Lipinski definition) is 9. The van der Waals surface area contributed by atoms with Gasteiger partial charge in [-0.05, 0) is 41.3 Å². The van der Waals surface area contributed by atoms with Gasteiger partial charge in [0, 0.05) is 9.58 Å². The molecular weight excluding hydrogens is 508 g/mol. The Labute approximate surface area is 221 Å². The molecule has 0 aliphatic heterocycles. The fraction of sp³-hybridized carbons (Fsp3) is 0.179. The van der Waals surface area contributed by atoms with Crippen LogP contribution in [0.3, 0.4) is 0 Å². The first-order chi connectivity index (χ1) is 18.1. The van der Waals surface area contributed by atoms with Gasteiger partial charge < -0.3 is 19.5 Å². The van der Waals surface area contributed by atoms with Gasteiger partial charge in [0.15, 0.2) is 11.0 Å². The molecule has 9 heteroatoms. The number of hydrogen-bond donors (Lipinski definition) is 1. The van der Waals surface area contributed by atoms with E-state index < -0.39 is 23.9 Å². The SMILES string of the molecule is COC(=O)C(C(=O)OCc1ccccc1)[C@H](Nc1nc2ccc(OC)cc2s1)c1cc2ccccc2s1. The van der Waals surface area contributed by atoms with Gasteiger partial charge in [-0.3, -0.25) is 9.59 Å². The summed E-state index contributed by atoms with van der Waals surface area (Å²) in [5.41, 5.74) is 1.61. The van der Waals surface area contributed by atoms with Crippen molar-refractivity contribution < 1.29 is 23.8 Å². The first kappa shape index (κ1) is 24.7. The van der Waals surface area contributed by atoms with Crippen molar-refractivity contribution in [2.24, 2.45) is 5.92 Å². The minimum Gasteiger partial charge on any atom is -0.497 e. The van der Waals surface area contributed by atoms with Gasteiger partial charge in [-0.25, -0.2) is 4.98 Å². The van der Waals surface area contributed by atoms with E-state index in [0.29, 0.717) is 5.13 Å². The maximum atomic E-state index is 13.4. The molecule has 3 aromatic carbocycles. The molecule has 7 nitrogen and oxygen atoms in total. The minimum atomic E-state index is -1.25. The normalized spacial score (nSPS) is 12.7. The Morgan fingerprint density at radius 1 is 0.892 bits per heavy atom. The van der Waals surface area contributed by atoms with Crippen LogP contribution in [0.15, 0.2) is 78.9 Å². The number of methoxy groups -OCH3 is 2. The second-order valence-corrected chi connectivity index (χ2v) is 10.4. The molecular formula is C28H24N2O5S2. The van der Waals surface area contributed by atoms with Crippen molar-refractivity contribution in [3.05, 3.63) is 89.3 Å². The van der Waals surface area contributed by atoms with Crippen LogP contribution in [0.2, 0.25) is 0 Å². The highest BCUT2D eigenvalue weighted by molar-refractivity contribution is 7.22. The van der Waals surface area contributed by atoms with Gasteiger partial charge in [0.25, 0.3) is 0 Å². The van der Waals surface area contributed by atoms with E-state index in [9.17, 15) is 9.59 Å². The first-order valence-corrected chi connectivity index (χ1v) is 13.2. The van der Waals surface area contributed by atoms with Crippen LogP contribution in [0.1, 0.15) is 16.5 Å². The summed E-state index contributed by atoms with van der Waals surface area (Å²) in [6.07, 6.45) is 0. The van der Waals surface area contributed by atoms with E-state index in [-0.39, 0.29) is 6.61 Å². The molecule has 0 saturated carbocycles. The van der Waals surface area contributed by atoms with Crippen molar-refractivity contribution in [1.29, 1.82) is 0 Å². The number of thiophene rings is 1. The number of carbonyl (C=O) groups excluding carboxylic acids is 2. The minimum absolute atomic E-state index is 0.0488. The van der Waals surface area contributed by atoms with E-state index in [4.69, 9.17) is 14.2 Å². The summed E-state index contributed by atoms with van der Waals surface area (Å²) in [6, 6.07) is 24.1. The van der Waals surface area contributed by atoms with E-state index in [1.54, 1.807) is 7.11 Å². The van der Waals surface area contributed by atoms with Crippen molar-refractivity contribution in [3.8, 4) is 5.75 Å². The Balaban J connectivity index is 1.52. The lowest BCUT2D eigenvalue weighted by molar-refractivity contribution is -0.162. The van der Waals surface area contributed by atoms with Crippen LogP contribution < -0.4 is 10.1 Å². The lowest BCUT2D eigenvalue weighted by Gasteiger charge is -2.24. The average Bonchev–Trinajstić information content (AvgIpc) is 3.55. The van der Waals surface area contributed by atoms with Crippen molar-refractivity contribution in [2.45, 2.75) is 12.6 Å². The third-order valence-corrected chi connectivity index (χ3v) is 8.04. The summed E-state index contributed by atoms with van der Waals surface area (Å²) in [5.74, 6) is -1.88. The van der Waals surface area contributed by atoms with Crippen LogP contribution in [0.25, 0.3) is 20.3 Å². The van der Waals surface area contributed by atoms with Crippen LogP contribution in [-0.4, -0.2) is 31.1 Å². The predicted octanol–water partition coefficient (Wildman–Crippen LogP) is 6.21. The van der Waals surface area contributed by atoms with Crippen LogP contribution >= 0.6 is 22.7 Å².